The van der Waals surface area contributed by atoms with Gasteiger partial charge >= 0.3 is 5.97 Å². The molecule has 0 spiro atoms. The van der Waals surface area contributed by atoms with Crippen LogP contribution in [0.15, 0.2) is 12.2 Å². The molecule has 0 aromatic heterocycles. The summed E-state index contributed by atoms with van der Waals surface area (Å²) in [7, 11) is 0. The third-order valence-electron chi connectivity index (χ3n) is 3.43. The summed E-state index contributed by atoms with van der Waals surface area (Å²) < 4.78 is 0. The predicted molar refractivity (Wildman–Crippen MR) is 74.5 cm³/mol. The molecule has 0 aromatic carbocycles. The third-order valence-corrected chi connectivity index (χ3v) is 3.43. The van der Waals surface area contributed by atoms with Crippen molar-refractivity contribution in [1.29, 1.82) is 0 Å². The van der Waals surface area contributed by atoms with Crippen molar-refractivity contribution < 1.29 is 14.7 Å². The second kappa shape index (κ2) is 8.53. The van der Waals surface area contributed by atoms with Gasteiger partial charge in [0.1, 0.15) is 0 Å². The lowest BCUT2D eigenvalue weighted by Crippen LogP contribution is -1.94. The highest BCUT2D eigenvalue weighted by molar-refractivity contribution is 5.87. The van der Waals surface area contributed by atoms with Crippen LogP contribution in [-0.4, -0.2) is 16.9 Å². The van der Waals surface area contributed by atoms with Gasteiger partial charge in [-0.15, -0.1) is 0 Å². The molecule has 1 aliphatic carbocycles. The van der Waals surface area contributed by atoms with Gasteiger partial charge in [0.25, 0.3) is 0 Å². The average Bonchev–Trinajstić information content (AvgIpc) is 3.07. The smallest absolute Gasteiger partial charge is 0.303 e. The monoisotopic (exact) mass is 262 g/mol. The van der Waals surface area contributed by atoms with Gasteiger partial charge in [-0.1, -0.05) is 24.7 Å². The molecule has 0 saturated heterocycles. The molecular formula is C16H22O3. The summed E-state index contributed by atoms with van der Waals surface area (Å²) >= 11 is 0. The Morgan fingerprint density at radius 2 is 2.00 bits per heavy atom. The highest BCUT2D eigenvalue weighted by atomic mass is 16.4. The zero-order valence-electron chi connectivity index (χ0n) is 11.5. The largest absolute Gasteiger partial charge is 0.481 e. The van der Waals surface area contributed by atoms with Crippen LogP contribution >= 0.6 is 0 Å². The first-order valence-electron chi connectivity index (χ1n) is 6.97. The van der Waals surface area contributed by atoms with Crippen molar-refractivity contribution in [3.05, 3.63) is 12.2 Å². The van der Waals surface area contributed by atoms with Gasteiger partial charge < -0.3 is 5.11 Å². The number of carbonyl (C=O) groups is 2. The van der Waals surface area contributed by atoms with E-state index in [2.05, 4.69) is 11.8 Å². The van der Waals surface area contributed by atoms with E-state index in [0.29, 0.717) is 6.42 Å². The van der Waals surface area contributed by atoms with Gasteiger partial charge in [-0.2, -0.15) is 0 Å². The van der Waals surface area contributed by atoms with E-state index in [9.17, 15) is 9.59 Å². The first kappa shape index (κ1) is 15.5. The summed E-state index contributed by atoms with van der Waals surface area (Å²) in [4.78, 5) is 21.0. The fourth-order valence-corrected chi connectivity index (χ4v) is 2.25. The highest BCUT2D eigenvalue weighted by Gasteiger charge is 2.35. The SMILES string of the molecule is CC(=O)/C=C/C#CCC[C@H]1C[C@H]1CCCCC(=O)O. The molecule has 1 saturated carbocycles. The fourth-order valence-electron chi connectivity index (χ4n) is 2.25. The molecule has 0 aliphatic heterocycles. The molecule has 1 aliphatic rings. The van der Waals surface area contributed by atoms with Gasteiger partial charge in [-0.25, -0.2) is 0 Å². The molecule has 1 rings (SSSR count). The van der Waals surface area contributed by atoms with Gasteiger partial charge in [-0.05, 0) is 50.2 Å². The molecule has 3 heteroatoms. The highest BCUT2D eigenvalue weighted by Crippen LogP contribution is 2.45. The number of allylic oxidation sites excluding steroid dienone is 2. The molecule has 0 amide bonds. The quantitative estimate of drug-likeness (QED) is 0.415. The number of aliphatic carboxylic acids is 1. The first-order valence-corrected chi connectivity index (χ1v) is 6.97. The van der Waals surface area contributed by atoms with Crippen LogP contribution in [-0.2, 0) is 9.59 Å². The molecule has 0 radical (unpaired) electrons. The van der Waals surface area contributed by atoms with Crippen LogP contribution in [0.2, 0.25) is 0 Å². The number of ketones is 1. The molecule has 19 heavy (non-hydrogen) atoms. The summed E-state index contributed by atoms with van der Waals surface area (Å²) in [6.45, 7) is 1.51. The summed E-state index contributed by atoms with van der Waals surface area (Å²) in [5.74, 6) is 6.83. The van der Waals surface area contributed by atoms with Gasteiger partial charge in [0.15, 0.2) is 5.78 Å². The van der Waals surface area contributed by atoms with Crippen LogP contribution in [0.3, 0.4) is 0 Å². The number of carbonyl (C=O) groups excluding carboxylic acids is 1. The number of hydrogen-bond acceptors (Lipinski definition) is 2. The van der Waals surface area contributed by atoms with E-state index in [1.54, 1.807) is 6.08 Å². The number of rotatable bonds is 8. The molecule has 3 nitrogen and oxygen atoms in total. The van der Waals surface area contributed by atoms with Crippen LogP contribution in [0.1, 0.15) is 51.9 Å². The van der Waals surface area contributed by atoms with E-state index in [-0.39, 0.29) is 5.78 Å². The maximum atomic E-state index is 10.6. The van der Waals surface area contributed by atoms with Gasteiger partial charge in [-0.3, -0.25) is 9.59 Å². The van der Waals surface area contributed by atoms with Crippen LogP contribution in [0.25, 0.3) is 0 Å². The van der Waals surface area contributed by atoms with Crippen molar-refractivity contribution in [3.63, 3.8) is 0 Å². The van der Waals surface area contributed by atoms with Gasteiger partial charge in [0, 0.05) is 12.8 Å². The topological polar surface area (TPSA) is 54.4 Å². The van der Waals surface area contributed by atoms with Gasteiger partial charge in [0.05, 0.1) is 0 Å². The van der Waals surface area contributed by atoms with E-state index >= 15 is 0 Å². The molecular weight excluding hydrogens is 240 g/mol. The minimum Gasteiger partial charge on any atom is -0.481 e. The second-order valence-corrected chi connectivity index (χ2v) is 5.20. The number of hydrogen-bond donors (Lipinski definition) is 1. The number of carboxylic acids is 1. The Hall–Kier alpha value is -1.56. The second-order valence-electron chi connectivity index (χ2n) is 5.20. The summed E-state index contributed by atoms with van der Waals surface area (Å²) in [5.41, 5.74) is 0. The zero-order valence-corrected chi connectivity index (χ0v) is 11.5. The Morgan fingerprint density at radius 3 is 2.68 bits per heavy atom. The minimum atomic E-state index is -0.693. The lowest BCUT2D eigenvalue weighted by Gasteiger charge is -1.98. The fraction of sp³-hybridized carbons (Fsp3) is 0.625. The van der Waals surface area contributed by atoms with Crippen molar-refractivity contribution in [1.82, 2.24) is 0 Å². The van der Waals surface area contributed by atoms with E-state index in [0.717, 1.165) is 43.9 Å². The number of carboxylic acid groups (broad SMARTS) is 1. The maximum Gasteiger partial charge on any atom is 0.303 e. The normalized spacial score (nSPS) is 20.9. The summed E-state index contributed by atoms with van der Waals surface area (Å²) in [5, 5.41) is 8.53. The van der Waals surface area contributed by atoms with E-state index in [1.165, 1.54) is 19.4 Å². The van der Waals surface area contributed by atoms with Crippen molar-refractivity contribution in [3.8, 4) is 11.8 Å². The van der Waals surface area contributed by atoms with E-state index in [1.807, 2.05) is 0 Å². The molecule has 104 valence electrons. The Bertz CT molecular complexity index is 398. The van der Waals surface area contributed by atoms with Crippen molar-refractivity contribution in [2.75, 3.05) is 0 Å². The van der Waals surface area contributed by atoms with Crippen LogP contribution < -0.4 is 0 Å². The van der Waals surface area contributed by atoms with Crippen molar-refractivity contribution in [2.45, 2.75) is 51.9 Å². The first-order chi connectivity index (χ1) is 9.09. The molecule has 1 fully saturated rings. The van der Waals surface area contributed by atoms with Crippen LogP contribution in [0.5, 0.6) is 0 Å². The lowest BCUT2D eigenvalue weighted by molar-refractivity contribution is -0.137. The molecule has 0 bridgehead atoms. The van der Waals surface area contributed by atoms with E-state index in [4.69, 9.17) is 5.11 Å². The summed E-state index contributed by atoms with van der Waals surface area (Å²) in [6, 6.07) is 0. The van der Waals surface area contributed by atoms with Crippen LogP contribution in [0.4, 0.5) is 0 Å². The Morgan fingerprint density at radius 1 is 1.26 bits per heavy atom. The minimum absolute atomic E-state index is 0.0258. The Labute approximate surface area is 115 Å². The molecule has 0 aromatic rings. The summed E-state index contributed by atoms with van der Waals surface area (Å²) in [6.07, 6.45) is 9.67. The molecule has 0 unspecified atom stereocenters. The van der Waals surface area contributed by atoms with Gasteiger partial charge in [0.2, 0.25) is 0 Å². The van der Waals surface area contributed by atoms with Crippen molar-refractivity contribution in [2.24, 2.45) is 11.8 Å². The number of unbranched alkanes of at least 4 members (excludes halogenated alkanes) is 1. The predicted octanol–water partition coefficient (Wildman–Crippen LogP) is 3.20. The molecule has 2 atom stereocenters. The standard InChI is InChI=1S/C16H22O3/c1-13(17)8-4-2-3-5-9-14-12-15(14)10-6-7-11-16(18)19/h4,8,14-15H,5-7,9-12H2,1H3,(H,18,19)/b8-4+/t14-,15+/m0/s1. The van der Waals surface area contributed by atoms with E-state index < -0.39 is 5.97 Å². The third kappa shape index (κ3) is 8.20. The maximum absolute atomic E-state index is 10.6. The Balaban J connectivity index is 1.99. The zero-order chi connectivity index (χ0) is 14.1. The molecule has 0 heterocycles. The molecule has 1 N–H and O–H groups in total. The Kier molecular flexibility index (Phi) is 6.95. The van der Waals surface area contributed by atoms with Crippen LogP contribution in [0, 0.1) is 23.7 Å². The lowest BCUT2D eigenvalue weighted by atomic mass is 10.1. The van der Waals surface area contributed by atoms with Crippen molar-refractivity contribution >= 4 is 11.8 Å². The average molecular weight is 262 g/mol.